The maximum atomic E-state index is 13.6. The average molecular weight is 350 g/mol. The molecule has 3 rings (SSSR count). The van der Waals surface area contributed by atoms with Gasteiger partial charge < -0.3 is 9.47 Å². The van der Waals surface area contributed by atoms with E-state index in [1.165, 1.54) is 19.2 Å². The van der Waals surface area contributed by atoms with Crippen molar-refractivity contribution in [2.75, 3.05) is 7.11 Å². The van der Waals surface area contributed by atoms with E-state index in [9.17, 15) is 9.18 Å². The first-order chi connectivity index (χ1) is 12.7. The Labute approximate surface area is 152 Å². The minimum atomic E-state index is -0.474. The van der Waals surface area contributed by atoms with E-state index in [0.29, 0.717) is 5.56 Å². The summed E-state index contributed by atoms with van der Waals surface area (Å²) in [6.45, 7) is 0.0296. The lowest BCUT2D eigenvalue weighted by molar-refractivity contribution is -0.144. The number of hydrogen-bond donors (Lipinski definition) is 0. The number of halogens is 1. The van der Waals surface area contributed by atoms with Crippen molar-refractivity contribution in [3.63, 3.8) is 0 Å². The predicted molar refractivity (Wildman–Crippen MR) is 98.3 cm³/mol. The molecule has 0 saturated carbocycles. The maximum Gasteiger partial charge on any atom is 0.310 e. The first-order valence-corrected chi connectivity index (χ1v) is 8.28. The van der Waals surface area contributed by atoms with Gasteiger partial charge in [0.2, 0.25) is 0 Å². The van der Waals surface area contributed by atoms with Crippen molar-refractivity contribution < 1.29 is 18.7 Å². The van der Waals surface area contributed by atoms with Crippen LogP contribution < -0.4 is 4.74 Å². The topological polar surface area (TPSA) is 35.5 Å². The molecule has 3 aromatic rings. The van der Waals surface area contributed by atoms with Crippen LogP contribution in [-0.2, 0) is 22.6 Å². The molecule has 3 aromatic carbocycles. The molecule has 0 aliphatic carbocycles. The Morgan fingerprint density at radius 3 is 2.19 bits per heavy atom. The van der Waals surface area contributed by atoms with E-state index >= 15 is 0 Å². The molecular formula is C22H19FO3. The van der Waals surface area contributed by atoms with Crippen LogP contribution >= 0.6 is 0 Å². The Bertz CT molecular complexity index is 874. The third-order valence-corrected chi connectivity index (χ3v) is 4.03. The van der Waals surface area contributed by atoms with E-state index in [0.717, 1.165) is 16.7 Å². The molecule has 26 heavy (non-hydrogen) atoms. The van der Waals surface area contributed by atoms with Crippen molar-refractivity contribution >= 4 is 5.97 Å². The van der Waals surface area contributed by atoms with Gasteiger partial charge in [0.15, 0.2) is 11.6 Å². The fourth-order valence-electron chi connectivity index (χ4n) is 2.63. The summed E-state index contributed by atoms with van der Waals surface area (Å²) in [6, 6.07) is 22.3. The standard InChI is InChI=1S/C22H19FO3/c1-25-21-12-9-17(13-20(21)23)15-26-22(24)14-16-7-10-19(11-8-16)18-5-3-2-4-6-18/h2-13H,14-15H2,1H3. The van der Waals surface area contributed by atoms with E-state index in [-0.39, 0.29) is 24.7 Å². The zero-order valence-corrected chi connectivity index (χ0v) is 14.4. The summed E-state index contributed by atoms with van der Waals surface area (Å²) in [5, 5.41) is 0. The van der Waals surface area contributed by atoms with E-state index in [2.05, 4.69) is 0 Å². The Hall–Kier alpha value is -3.14. The number of ether oxygens (including phenoxy) is 2. The summed E-state index contributed by atoms with van der Waals surface area (Å²) in [4.78, 5) is 12.0. The van der Waals surface area contributed by atoms with Gasteiger partial charge in [-0.05, 0) is 34.4 Å². The SMILES string of the molecule is COc1ccc(COC(=O)Cc2ccc(-c3ccccc3)cc2)cc1F. The number of benzene rings is 3. The van der Waals surface area contributed by atoms with Crippen LogP contribution in [-0.4, -0.2) is 13.1 Å². The van der Waals surface area contributed by atoms with Gasteiger partial charge in [0, 0.05) is 0 Å². The molecule has 0 bridgehead atoms. The molecule has 0 aliphatic heterocycles. The Morgan fingerprint density at radius 2 is 1.54 bits per heavy atom. The Balaban J connectivity index is 1.56. The first-order valence-electron chi connectivity index (χ1n) is 8.28. The highest BCUT2D eigenvalue weighted by Crippen LogP contribution is 2.20. The van der Waals surface area contributed by atoms with E-state index in [1.807, 2.05) is 54.6 Å². The van der Waals surface area contributed by atoms with Gasteiger partial charge >= 0.3 is 5.97 Å². The van der Waals surface area contributed by atoms with Gasteiger partial charge in [-0.2, -0.15) is 0 Å². The summed E-state index contributed by atoms with van der Waals surface area (Å²) >= 11 is 0. The molecule has 3 nitrogen and oxygen atoms in total. The lowest BCUT2D eigenvalue weighted by atomic mass is 10.0. The van der Waals surface area contributed by atoms with Crippen LogP contribution in [0.4, 0.5) is 4.39 Å². The smallest absolute Gasteiger partial charge is 0.310 e. The number of rotatable bonds is 6. The van der Waals surface area contributed by atoms with Crippen LogP contribution in [0, 0.1) is 5.82 Å². The minimum Gasteiger partial charge on any atom is -0.494 e. The second kappa shape index (κ2) is 8.30. The summed E-state index contributed by atoms with van der Waals surface area (Å²) < 4.78 is 23.7. The molecule has 0 spiro atoms. The van der Waals surface area contributed by atoms with Crippen LogP contribution in [0.5, 0.6) is 5.75 Å². The highest BCUT2D eigenvalue weighted by Gasteiger charge is 2.08. The minimum absolute atomic E-state index is 0.0296. The van der Waals surface area contributed by atoms with Gasteiger partial charge in [-0.15, -0.1) is 0 Å². The lowest BCUT2D eigenvalue weighted by Gasteiger charge is -2.08. The third-order valence-electron chi connectivity index (χ3n) is 4.03. The molecule has 0 amide bonds. The molecule has 0 saturated heterocycles. The van der Waals surface area contributed by atoms with Gasteiger partial charge in [0.1, 0.15) is 6.61 Å². The summed E-state index contributed by atoms with van der Waals surface area (Å²) in [5.74, 6) is -0.662. The zero-order valence-electron chi connectivity index (χ0n) is 14.4. The first kappa shape index (κ1) is 17.7. The van der Waals surface area contributed by atoms with Gasteiger partial charge in [-0.3, -0.25) is 4.79 Å². The second-order valence-corrected chi connectivity index (χ2v) is 5.87. The largest absolute Gasteiger partial charge is 0.494 e. The molecule has 4 heteroatoms. The average Bonchev–Trinajstić information content (AvgIpc) is 2.68. The van der Waals surface area contributed by atoms with Crippen molar-refractivity contribution in [1.82, 2.24) is 0 Å². The molecule has 132 valence electrons. The molecule has 0 aromatic heterocycles. The highest BCUT2D eigenvalue weighted by molar-refractivity contribution is 5.73. The lowest BCUT2D eigenvalue weighted by Crippen LogP contribution is -2.08. The summed E-state index contributed by atoms with van der Waals surface area (Å²) in [7, 11) is 1.40. The van der Waals surface area contributed by atoms with Crippen molar-refractivity contribution in [3.8, 4) is 16.9 Å². The Kier molecular flexibility index (Phi) is 5.64. The number of methoxy groups -OCH3 is 1. The molecule has 0 radical (unpaired) electrons. The molecular weight excluding hydrogens is 331 g/mol. The van der Waals surface area contributed by atoms with Crippen LogP contribution in [0.3, 0.4) is 0 Å². The van der Waals surface area contributed by atoms with Gasteiger partial charge in [-0.25, -0.2) is 4.39 Å². The number of carbonyl (C=O) groups is 1. The number of esters is 1. The fraction of sp³-hybridized carbons (Fsp3) is 0.136. The summed E-state index contributed by atoms with van der Waals surface area (Å²) in [5.41, 5.74) is 3.67. The molecule has 0 heterocycles. The van der Waals surface area contributed by atoms with E-state index in [1.54, 1.807) is 6.07 Å². The van der Waals surface area contributed by atoms with Crippen LogP contribution in [0.15, 0.2) is 72.8 Å². The maximum absolute atomic E-state index is 13.6. The normalized spacial score (nSPS) is 10.4. The molecule has 0 fully saturated rings. The zero-order chi connectivity index (χ0) is 18.4. The van der Waals surface area contributed by atoms with Gasteiger partial charge in [0.25, 0.3) is 0 Å². The van der Waals surface area contributed by atoms with Crippen molar-refractivity contribution in [2.24, 2.45) is 0 Å². The molecule has 0 aliphatic rings. The van der Waals surface area contributed by atoms with Crippen LogP contribution in [0.2, 0.25) is 0 Å². The van der Waals surface area contributed by atoms with Gasteiger partial charge in [0.05, 0.1) is 13.5 Å². The van der Waals surface area contributed by atoms with Gasteiger partial charge in [-0.1, -0.05) is 60.7 Å². The fourth-order valence-corrected chi connectivity index (χ4v) is 2.63. The molecule has 0 atom stereocenters. The Morgan fingerprint density at radius 1 is 0.885 bits per heavy atom. The van der Waals surface area contributed by atoms with Crippen molar-refractivity contribution in [3.05, 3.63) is 89.7 Å². The monoisotopic (exact) mass is 350 g/mol. The van der Waals surface area contributed by atoms with Crippen molar-refractivity contribution in [1.29, 1.82) is 0 Å². The van der Waals surface area contributed by atoms with E-state index in [4.69, 9.17) is 9.47 Å². The molecule has 0 unspecified atom stereocenters. The van der Waals surface area contributed by atoms with Crippen molar-refractivity contribution in [2.45, 2.75) is 13.0 Å². The number of hydrogen-bond acceptors (Lipinski definition) is 3. The summed E-state index contributed by atoms with van der Waals surface area (Å²) in [6.07, 6.45) is 0.174. The van der Waals surface area contributed by atoms with E-state index < -0.39 is 5.82 Å². The van der Waals surface area contributed by atoms with Crippen LogP contribution in [0.1, 0.15) is 11.1 Å². The second-order valence-electron chi connectivity index (χ2n) is 5.87. The highest BCUT2D eigenvalue weighted by atomic mass is 19.1. The quantitative estimate of drug-likeness (QED) is 0.600. The molecule has 0 N–H and O–H groups in total. The number of carbonyl (C=O) groups excluding carboxylic acids is 1. The predicted octanol–water partition coefficient (Wildman–Crippen LogP) is 4.79. The third kappa shape index (κ3) is 4.48. The van der Waals surface area contributed by atoms with Crippen LogP contribution in [0.25, 0.3) is 11.1 Å².